The minimum Gasteiger partial charge on any atom is -0.394 e. The Hall–Kier alpha value is -1.19. The fraction of sp³-hybridized carbons (Fsp3) is 0.824. The van der Waals surface area contributed by atoms with Crippen LogP contribution < -0.4 is 0 Å². The molecular weight excluding hydrogens is 394 g/mol. The predicted molar refractivity (Wildman–Crippen MR) is 94.0 cm³/mol. The Morgan fingerprint density at radius 1 is 0.966 bits per heavy atom. The highest BCUT2D eigenvalue weighted by Gasteiger charge is 2.51. The topological polar surface area (TPSA) is 190 Å². The molecule has 4 unspecified atom stereocenters. The fourth-order valence-electron chi connectivity index (χ4n) is 3.38. The molecule has 0 spiro atoms. The van der Waals surface area contributed by atoms with Gasteiger partial charge in [0, 0.05) is 13.5 Å². The van der Waals surface area contributed by atoms with Crippen LogP contribution in [-0.2, 0) is 19.0 Å². The van der Waals surface area contributed by atoms with Crippen LogP contribution in [0.3, 0.4) is 0 Å². The molecule has 0 aromatic carbocycles. The SMILES string of the molecule is C=CCN(C(C)=O)[C@@H]1O[C@@H](CO)[C@@H](O[C@@H]2OC(CO)[C@@H](O)[C@H](O)C2O)C(O)C1O. The lowest BCUT2D eigenvalue weighted by molar-refractivity contribution is -0.347. The van der Waals surface area contributed by atoms with Crippen molar-refractivity contribution in [2.45, 2.75) is 68.3 Å². The maximum Gasteiger partial charge on any atom is 0.221 e. The summed E-state index contributed by atoms with van der Waals surface area (Å²) in [5.41, 5.74) is 0. The second kappa shape index (κ2) is 10.2. The molecule has 2 saturated heterocycles. The summed E-state index contributed by atoms with van der Waals surface area (Å²) in [7, 11) is 0. The minimum absolute atomic E-state index is 0.0141. The van der Waals surface area contributed by atoms with E-state index in [1.165, 1.54) is 13.0 Å². The second-order valence-electron chi connectivity index (χ2n) is 6.99. The molecule has 0 aromatic rings. The lowest BCUT2D eigenvalue weighted by Gasteiger charge is -2.48. The highest BCUT2D eigenvalue weighted by Crippen LogP contribution is 2.30. The fourth-order valence-corrected chi connectivity index (χ4v) is 3.38. The third-order valence-corrected chi connectivity index (χ3v) is 5.02. The molecule has 0 bridgehead atoms. The van der Waals surface area contributed by atoms with E-state index in [9.17, 15) is 40.5 Å². The van der Waals surface area contributed by atoms with Gasteiger partial charge >= 0.3 is 0 Å². The molecule has 0 aliphatic carbocycles. The molecule has 2 fully saturated rings. The van der Waals surface area contributed by atoms with Gasteiger partial charge in [-0.25, -0.2) is 0 Å². The highest BCUT2D eigenvalue weighted by molar-refractivity contribution is 5.73. The van der Waals surface area contributed by atoms with E-state index >= 15 is 0 Å². The Bertz CT molecular complexity index is 559. The molecule has 2 heterocycles. The molecule has 2 rings (SSSR count). The van der Waals surface area contributed by atoms with Crippen LogP contribution >= 0.6 is 0 Å². The maximum atomic E-state index is 11.8. The van der Waals surface area contributed by atoms with Crippen molar-refractivity contribution in [1.82, 2.24) is 4.90 Å². The van der Waals surface area contributed by atoms with Crippen LogP contribution in [0.5, 0.6) is 0 Å². The van der Waals surface area contributed by atoms with E-state index in [2.05, 4.69) is 6.58 Å². The van der Waals surface area contributed by atoms with Crippen LogP contribution in [0.1, 0.15) is 6.92 Å². The largest absolute Gasteiger partial charge is 0.394 e. The van der Waals surface area contributed by atoms with Gasteiger partial charge in [-0.05, 0) is 0 Å². The van der Waals surface area contributed by atoms with Gasteiger partial charge in [-0.1, -0.05) is 6.08 Å². The van der Waals surface area contributed by atoms with Gasteiger partial charge in [0.15, 0.2) is 12.5 Å². The third-order valence-electron chi connectivity index (χ3n) is 5.02. The first-order chi connectivity index (χ1) is 13.7. The van der Waals surface area contributed by atoms with Crippen molar-refractivity contribution in [3.8, 4) is 0 Å². The minimum atomic E-state index is -1.75. The lowest BCUT2D eigenvalue weighted by atomic mass is 9.96. The van der Waals surface area contributed by atoms with Gasteiger partial charge in [-0.2, -0.15) is 0 Å². The molecule has 10 atom stereocenters. The van der Waals surface area contributed by atoms with Crippen LogP contribution in [0.4, 0.5) is 0 Å². The van der Waals surface area contributed by atoms with Crippen LogP contribution in [0, 0.1) is 0 Å². The molecule has 29 heavy (non-hydrogen) atoms. The summed E-state index contributed by atoms with van der Waals surface area (Å²) in [6.45, 7) is 3.40. The van der Waals surface area contributed by atoms with Crippen molar-refractivity contribution in [1.29, 1.82) is 0 Å². The van der Waals surface area contributed by atoms with Crippen molar-refractivity contribution in [2.24, 2.45) is 0 Å². The quantitative estimate of drug-likeness (QED) is 0.196. The lowest BCUT2D eigenvalue weighted by Crippen LogP contribution is -2.67. The normalized spacial score (nSPS) is 43.0. The molecule has 7 N–H and O–H groups in total. The number of nitrogens with zero attached hydrogens (tertiary/aromatic N) is 1. The number of carbonyl (C=O) groups is 1. The molecule has 12 heteroatoms. The van der Waals surface area contributed by atoms with Gasteiger partial charge in [0.05, 0.1) is 13.2 Å². The molecule has 1 amide bonds. The first-order valence-corrected chi connectivity index (χ1v) is 9.14. The van der Waals surface area contributed by atoms with Gasteiger partial charge in [-0.3, -0.25) is 4.79 Å². The van der Waals surface area contributed by atoms with Gasteiger partial charge in [0.1, 0.15) is 48.8 Å². The van der Waals surface area contributed by atoms with E-state index in [1.54, 1.807) is 0 Å². The van der Waals surface area contributed by atoms with Crippen molar-refractivity contribution in [3.63, 3.8) is 0 Å². The van der Waals surface area contributed by atoms with Crippen LogP contribution in [0.15, 0.2) is 12.7 Å². The molecule has 0 saturated carbocycles. The maximum absolute atomic E-state index is 11.8. The highest BCUT2D eigenvalue weighted by atomic mass is 16.7. The summed E-state index contributed by atoms with van der Waals surface area (Å²) in [5.74, 6) is -0.467. The second-order valence-corrected chi connectivity index (χ2v) is 6.99. The predicted octanol–water partition coefficient (Wildman–Crippen LogP) is -4.35. The van der Waals surface area contributed by atoms with E-state index < -0.39 is 80.5 Å². The smallest absolute Gasteiger partial charge is 0.221 e. The molecule has 2 aliphatic heterocycles. The first-order valence-electron chi connectivity index (χ1n) is 9.14. The number of hydrogen-bond acceptors (Lipinski definition) is 11. The Kier molecular flexibility index (Phi) is 8.48. The average Bonchev–Trinajstić information content (AvgIpc) is 2.70. The monoisotopic (exact) mass is 423 g/mol. The summed E-state index contributed by atoms with van der Waals surface area (Å²) in [6.07, 6.45) is -13.8. The molecular formula is C17H29NO11. The zero-order valence-corrected chi connectivity index (χ0v) is 15.9. The molecule has 0 radical (unpaired) electrons. The Morgan fingerprint density at radius 2 is 1.59 bits per heavy atom. The molecule has 168 valence electrons. The van der Waals surface area contributed by atoms with Crippen molar-refractivity contribution < 1.29 is 54.8 Å². The van der Waals surface area contributed by atoms with Crippen molar-refractivity contribution in [3.05, 3.63) is 12.7 Å². The Morgan fingerprint density at radius 3 is 2.10 bits per heavy atom. The van der Waals surface area contributed by atoms with E-state index in [1.807, 2.05) is 0 Å². The zero-order valence-electron chi connectivity index (χ0n) is 15.9. The summed E-state index contributed by atoms with van der Waals surface area (Å²) in [6, 6.07) is 0. The van der Waals surface area contributed by atoms with Gasteiger partial charge in [0.2, 0.25) is 5.91 Å². The number of ether oxygens (including phenoxy) is 3. The number of aliphatic hydroxyl groups excluding tert-OH is 7. The van der Waals surface area contributed by atoms with Crippen molar-refractivity contribution in [2.75, 3.05) is 19.8 Å². The average molecular weight is 423 g/mol. The third kappa shape index (κ3) is 4.94. The Labute approximate surface area is 167 Å². The van der Waals surface area contributed by atoms with E-state index in [4.69, 9.17) is 14.2 Å². The van der Waals surface area contributed by atoms with Crippen LogP contribution in [0.2, 0.25) is 0 Å². The van der Waals surface area contributed by atoms with Crippen LogP contribution in [0.25, 0.3) is 0 Å². The summed E-state index contributed by atoms with van der Waals surface area (Å²) < 4.78 is 16.2. The molecule has 12 nitrogen and oxygen atoms in total. The summed E-state index contributed by atoms with van der Waals surface area (Å²) in [4.78, 5) is 12.9. The summed E-state index contributed by atoms with van der Waals surface area (Å²) >= 11 is 0. The number of rotatable bonds is 7. The summed E-state index contributed by atoms with van der Waals surface area (Å²) in [5, 5.41) is 69.7. The van der Waals surface area contributed by atoms with Crippen molar-refractivity contribution >= 4 is 5.91 Å². The van der Waals surface area contributed by atoms with E-state index in [-0.39, 0.29) is 6.54 Å². The van der Waals surface area contributed by atoms with Gasteiger partial charge in [-0.15, -0.1) is 6.58 Å². The number of aliphatic hydroxyl groups is 7. The number of hydrogen-bond donors (Lipinski definition) is 7. The van der Waals surface area contributed by atoms with E-state index in [0.717, 1.165) is 4.90 Å². The molecule has 0 aromatic heterocycles. The standard InChI is InChI=1S/C17H29NO11/c1-3-4-18(7(2)21)16-13(25)12(24)15(9(6-20)27-16)29-17-14(26)11(23)10(22)8(5-19)28-17/h3,8-17,19-20,22-26H,1,4-6H2,2H3/t8?,9-,10+,11-,12?,13?,14?,15+,16+,17-/m0/s1. The Balaban J connectivity index is 2.19. The van der Waals surface area contributed by atoms with Gasteiger partial charge in [0.25, 0.3) is 0 Å². The van der Waals surface area contributed by atoms with E-state index in [0.29, 0.717) is 0 Å². The number of carbonyl (C=O) groups excluding carboxylic acids is 1. The first kappa shape index (κ1) is 24.1. The number of amides is 1. The van der Waals surface area contributed by atoms with Gasteiger partial charge < -0.3 is 54.9 Å². The van der Waals surface area contributed by atoms with Crippen LogP contribution in [-0.4, -0.2) is 128 Å². The molecule has 2 aliphatic rings. The zero-order chi connectivity index (χ0) is 21.9.